The number of nitrogens with zero attached hydrogens (tertiary/aromatic N) is 2. The molecule has 0 fully saturated rings. The molecule has 0 bridgehead atoms. The lowest BCUT2D eigenvalue weighted by atomic mass is 10.2. The Morgan fingerprint density at radius 2 is 2.13 bits per heavy atom. The van der Waals surface area contributed by atoms with E-state index in [2.05, 4.69) is 22.4 Å². The Hall–Kier alpha value is -2.54. The van der Waals surface area contributed by atoms with Gasteiger partial charge in [-0.15, -0.1) is 10.2 Å². The van der Waals surface area contributed by atoms with Gasteiger partial charge in [0.1, 0.15) is 10.6 Å². The lowest BCUT2D eigenvalue weighted by Crippen LogP contribution is -2.14. The van der Waals surface area contributed by atoms with E-state index in [1.807, 2.05) is 0 Å². The first-order valence-electron chi connectivity index (χ1n) is 7.34. The molecule has 1 aromatic carbocycles. The number of carbonyl (C=O) groups excluding carboxylic acids is 1. The smallest absolute Gasteiger partial charge is 0.293 e. The number of fused-ring (bicyclic) bond motifs is 1. The van der Waals surface area contributed by atoms with Gasteiger partial charge >= 0.3 is 0 Å². The number of amides is 1. The molecule has 118 valence electrons. The van der Waals surface area contributed by atoms with E-state index >= 15 is 0 Å². The van der Waals surface area contributed by atoms with Crippen LogP contribution in [0.2, 0.25) is 0 Å². The third kappa shape index (κ3) is 3.45. The zero-order chi connectivity index (χ0) is 16.2. The Balaban J connectivity index is 1.80. The molecule has 23 heavy (non-hydrogen) atoms. The van der Waals surface area contributed by atoms with Gasteiger partial charge in [-0.3, -0.25) is 14.9 Å². The van der Waals surface area contributed by atoms with Gasteiger partial charge < -0.3 is 4.42 Å². The number of para-hydroxylation sites is 1. The molecule has 0 atom stereocenters. The van der Waals surface area contributed by atoms with E-state index in [9.17, 15) is 9.59 Å². The number of anilines is 1. The van der Waals surface area contributed by atoms with E-state index in [1.165, 1.54) is 17.4 Å². The third-order valence-corrected chi connectivity index (χ3v) is 4.19. The molecule has 1 N–H and O–H groups in total. The predicted molar refractivity (Wildman–Crippen MR) is 89.0 cm³/mol. The van der Waals surface area contributed by atoms with Crippen molar-refractivity contribution in [2.24, 2.45) is 0 Å². The van der Waals surface area contributed by atoms with Gasteiger partial charge in [-0.2, -0.15) is 0 Å². The van der Waals surface area contributed by atoms with Crippen LogP contribution in [0.25, 0.3) is 11.0 Å². The number of rotatable bonds is 5. The summed E-state index contributed by atoms with van der Waals surface area (Å²) in [5.74, 6) is -0.551. The van der Waals surface area contributed by atoms with Crippen LogP contribution >= 0.6 is 11.3 Å². The van der Waals surface area contributed by atoms with Gasteiger partial charge in [0.05, 0.1) is 5.39 Å². The van der Waals surface area contributed by atoms with Crippen LogP contribution in [-0.4, -0.2) is 16.1 Å². The fourth-order valence-electron chi connectivity index (χ4n) is 2.11. The van der Waals surface area contributed by atoms with E-state index in [4.69, 9.17) is 4.42 Å². The highest BCUT2D eigenvalue weighted by molar-refractivity contribution is 7.15. The van der Waals surface area contributed by atoms with Gasteiger partial charge in [0.25, 0.3) is 5.91 Å². The van der Waals surface area contributed by atoms with Crippen LogP contribution in [0.4, 0.5) is 5.13 Å². The van der Waals surface area contributed by atoms with Crippen molar-refractivity contribution in [3.63, 3.8) is 0 Å². The monoisotopic (exact) mass is 329 g/mol. The van der Waals surface area contributed by atoms with Gasteiger partial charge in [0.2, 0.25) is 5.13 Å². The zero-order valence-corrected chi connectivity index (χ0v) is 13.4. The molecular formula is C16H15N3O3S. The molecule has 2 heterocycles. The Morgan fingerprint density at radius 1 is 1.30 bits per heavy atom. The number of unbranched alkanes of at least 4 members (excludes halogenated alkanes) is 1. The van der Waals surface area contributed by atoms with Crippen molar-refractivity contribution < 1.29 is 9.21 Å². The zero-order valence-electron chi connectivity index (χ0n) is 12.5. The van der Waals surface area contributed by atoms with Crippen molar-refractivity contribution in [3.05, 3.63) is 51.3 Å². The lowest BCUT2D eigenvalue weighted by Gasteiger charge is -2.02. The van der Waals surface area contributed by atoms with Crippen molar-refractivity contribution in [2.45, 2.75) is 26.2 Å². The van der Waals surface area contributed by atoms with Crippen LogP contribution < -0.4 is 10.7 Å². The van der Waals surface area contributed by atoms with Crippen LogP contribution in [0.1, 0.15) is 35.3 Å². The highest BCUT2D eigenvalue weighted by Crippen LogP contribution is 2.18. The van der Waals surface area contributed by atoms with Crippen LogP contribution in [0.5, 0.6) is 0 Å². The fraction of sp³-hybridized carbons (Fsp3) is 0.250. The number of aromatic nitrogens is 2. The average Bonchev–Trinajstić information content (AvgIpc) is 3.00. The molecule has 0 radical (unpaired) electrons. The maximum absolute atomic E-state index is 12.2. The number of nitrogens with one attached hydrogen (secondary N) is 1. The summed E-state index contributed by atoms with van der Waals surface area (Å²) in [6.07, 6.45) is 2.95. The Morgan fingerprint density at radius 3 is 2.96 bits per heavy atom. The molecule has 0 aliphatic heterocycles. The topological polar surface area (TPSA) is 85.1 Å². The van der Waals surface area contributed by atoms with E-state index in [0.29, 0.717) is 16.1 Å². The molecule has 6 nitrogen and oxygen atoms in total. The highest BCUT2D eigenvalue weighted by Gasteiger charge is 2.14. The molecule has 2 aromatic heterocycles. The van der Waals surface area contributed by atoms with Gasteiger partial charge in [-0.05, 0) is 18.6 Å². The summed E-state index contributed by atoms with van der Waals surface area (Å²) in [4.78, 5) is 24.2. The normalized spacial score (nSPS) is 10.8. The van der Waals surface area contributed by atoms with Gasteiger partial charge in [-0.1, -0.05) is 36.8 Å². The standard InChI is InChI=1S/C16H15N3O3S/c1-2-3-8-14-18-19-16(23-14)17-15(21)13-9-11(20)10-6-4-5-7-12(10)22-13/h4-7,9H,2-3,8H2,1H3,(H,17,19,21). The summed E-state index contributed by atoms with van der Waals surface area (Å²) in [6, 6.07) is 8.00. The van der Waals surface area contributed by atoms with E-state index in [-0.39, 0.29) is 11.2 Å². The number of hydrogen-bond donors (Lipinski definition) is 1. The molecule has 7 heteroatoms. The maximum Gasteiger partial charge on any atom is 0.293 e. The van der Waals surface area contributed by atoms with Crippen molar-refractivity contribution in [2.75, 3.05) is 5.32 Å². The first kappa shape index (κ1) is 15.4. The molecule has 0 unspecified atom stereocenters. The third-order valence-electron chi connectivity index (χ3n) is 3.29. The van der Waals surface area contributed by atoms with Gasteiger partial charge in [-0.25, -0.2) is 0 Å². The Bertz CT molecular complexity index is 901. The average molecular weight is 329 g/mol. The molecule has 3 aromatic rings. The number of benzene rings is 1. The van der Waals surface area contributed by atoms with Crippen LogP contribution in [0.15, 0.2) is 39.5 Å². The second kappa shape index (κ2) is 6.70. The summed E-state index contributed by atoms with van der Waals surface area (Å²) in [7, 11) is 0. The van der Waals surface area contributed by atoms with E-state index in [0.717, 1.165) is 24.3 Å². The minimum Gasteiger partial charge on any atom is -0.451 e. The number of hydrogen-bond acceptors (Lipinski definition) is 6. The van der Waals surface area contributed by atoms with Crippen LogP contribution in [0.3, 0.4) is 0 Å². The quantitative estimate of drug-likeness (QED) is 0.776. The SMILES string of the molecule is CCCCc1nnc(NC(=O)c2cc(=O)c3ccccc3o2)s1. The molecule has 0 aliphatic rings. The number of aryl methyl sites for hydroxylation is 1. The summed E-state index contributed by atoms with van der Waals surface area (Å²) >= 11 is 1.33. The molecular weight excluding hydrogens is 314 g/mol. The van der Waals surface area contributed by atoms with Crippen molar-refractivity contribution >= 4 is 33.3 Å². The Labute approximate surface area is 136 Å². The van der Waals surface area contributed by atoms with Crippen LogP contribution in [0, 0.1) is 0 Å². The Kier molecular flexibility index (Phi) is 4.47. The summed E-state index contributed by atoms with van der Waals surface area (Å²) in [6.45, 7) is 2.10. The first-order valence-corrected chi connectivity index (χ1v) is 8.15. The molecule has 0 aliphatic carbocycles. The van der Waals surface area contributed by atoms with E-state index in [1.54, 1.807) is 24.3 Å². The summed E-state index contributed by atoms with van der Waals surface area (Å²) in [5, 5.41) is 12.3. The minimum atomic E-state index is -0.508. The highest BCUT2D eigenvalue weighted by atomic mass is 32.1. The lowest BCUT2D eigenvalue weighted by molar-refractivity contribution is 0.0997. The van der Waals surface area contributed by atoms with E-state index < -0.39 is 5.91 Å². The predicted octanol–water partition coefficient (Wildman–Crippen LogP) is 3.24. The number of carbonyl (C=O) groups is 1. The first-order chi connectivity index (χ1) is 11.2. The minimum absolute atomic E-state index is 0.0426. The second-order valence-corrected chi connectivity index (χ2v) is 6.09. The molecule has 0 spiro atoms. The molecule has 0 saturated heterocycles. The maximum atomic E-state index is 12.2. The molecule has 3 rings (SSSR count). The summed E-state index contributed by atoms with van der Waals surface area (Å²) in [5.41, 5.74) is 0.129. The molecule has 1 amide bonds. The molecule has 0 saturated carbocycles. The second-order valence-electron chi connectivity index (χ2n) is 5.03. The fourth-order valence-corrected chi connectivity index (χ4v) is 2.88. The largest absolute Gasteiger partial charge is 0.451 e. The van der Waals surface area contributed by atoms with Crippen molar-refractivity contribution in [1.82, 2.24) is 10.2 Å². The van der Waals surface area contributed by atoms with Crippen molar-refractivity contribution in [1.29, 1.82) is 0 Å². The van der Waals surface area contributed by atoms with Gasteiger partial charge in [0, 0.05) is 12.5 Å². The van der Waals surface area contributed by atoms with Gasteiger partial charge in [0.15, 0.2) is 11.2 Å². The van der Waals surface area contributed by atoms with Crippen molar-refractivity contribution in [3.8, 4) is 0 Å². The summed E-state index contributed by atoms with van der Waals surface area (Å²) < 4.78 is 5.49. The van der Waals surface area contributed by atoms with Crippen LogP contribution in [-0.2, 0) is 6.42 Å².